The van der Waals surface area contributed by atoms with E-state index in [1.807, 2.05) is 11.6 Å². The number of rotatable bonds is 5. The van der Waals surface area contributed by atoms with Crippen molar-refractivity contribution in [2.75, 3.05) is 18.4 Å². The van der Waals surface area contributed by atoms with Gasteiger partial charge in [0, 0.05) is 25.0 Å². The maximum absolute atomic E-state index is 12.2. The van der Waals surface area contributed by atoms with E-state index in [9.17, 15) is 4.79 Å². The van der Waals surface area contributed by atoms with Crippen molar-refractivity contribution >= 4 is 34.8 Å². The molecule has 128 valence electrons. The van der Waals surface area contributed by atoms with Gasteiger partial charge in [-0.25, -0.2) is 0 Å². The number of aryl methyl sites for hydroxylation is 1. The van der Waals surface area contributed by atoms with Crippen LogP contribution in [0.5, 0.6) is 0 Å². The molecule has 1 unspecified atom stereocenters. The fraction of sp³-hybridized carbons (Fsp3) is 0.438. The van der Waals surface area contributed by atoms with Gasteiger partial charge in [-0.15, -0.1) is 10.2 Å². The van der Waals surface area contributed by atoms with Crippen molar-refractivity contribution < 1.29 is 4.79 Å². The Labute approximate surface area is 150 Å². The third-order valence-electron chi connectivity index (χ3n) is 4.24. The number of hydrogen-bond donors (Lipinski definition) is 1. The molecule has 1 aliphatic heterocycles. The summed E-state index contributed by atoms with van der Waals surface area (Å²) in [6.07, 6.45) is 4.23. The molecule has 1 aromatic carbocycles. The molecule has 1 N–H and O–H groups in total. The molecule has 1 atom stereocenters. The predicted octanol–water partition coefficient (Wildman–Crippen LogP) is 3.29. The van der Waals surface area contributed by atoms with Crippen molar-refractivity contribution in [3.8, 4) is 0 Å². The fourth-order valence-corrected chi connectivity index (χ4v) is 3.37. The molecule has 0 aliphatic carbocycles. The largest absolute Gasteiger partial charge is 0.325 e. The Morgan fingerprint density at radius 2 is 2.25 bits per heavy atom. The number of benzene rings is 1. The van der Waals surface area contributed by atoms with Crippen LogP contribution in [-0.2, 0) is 11.8 Å². The first-order chi connectivity index (χ1) is 11.5. The monoisotopic (exact) mass is 367 g/mol. The van der Waals surface area contributed by atoms with E-state index < -0.39 is 0 Å². The molecule has 0 saturated carbocycles. The van der Waals surface area contributed by atoms with Crippen molar-refractivity contribution in [3.05, 3.63) is 40.4 Å². The van der Waals surface area contributed by atoms with Gasteiger partial charge in [-0.1, -0.05) is 23.2 Å². The number of nitrogens with zero attached hydrogens (tertiary/aromatic N) is 4. The summed E-state index contributed by atoms with van der Waals surface area (Å²) in [4.78, 5) is 14.5. The Balaban J connectivity index is 1.58. The maximum atomic E-state index is 12.2. The molecule has 1 saturated heterocycles. The molecular weight excluding hydrogens is 349 g/mol. The Morgan fingerprint density at radius 1 is 1.42 bits per heavy atom. The first-order valence-electron chi connectivity index (χ1n) is 7.87. The van der Waals surface area contributed by atoms with E-state index in [0.29, 0.717) is 28.7 Å². The van der Waals surface area contributed by atoms with Gasteiger partial charge in [0.15, 0.2) is 0 Å². The van der Waals surface area contributed by atoms with Gasteiger partial charge >= 0.3 is 0 Å². The zero-order valence-electron chi connectivity index (χ0n) is 13.4. The summed E-state index contributed by atoms with van der Waals surface area (Å²) in [5.74, 6) is 0.869. The fourth-order valence-electron chi connectivity index (χ4n) is 3.03. The highest BCUT2D eigenvalue weighted by atomic mass is 35.5. The number of amides is 1. The lowest BCUT2D eigenvalue weighted by Gasteiger charge is -2.23. The molecule has 24 heavy (non-hydrogen) atoms. The first kappa shape index (κ1) is 17.2. The van der Waals surface area contributed by atoms with Gasteiger partial charge in [-0.05, 0) is 37.6 Å². The van der Waals surface area contributed by atoms with Gasteiger partial charge in [-0.2, -0.15) is 0 Å². The standard InChI is InChI=1S/C16H19Cl2N5O/c1-22-10-19-21-16(22)14-3-2-7-23(14)8-6-15(24)20-13-9-11(17)4-5-12(13)18/h4-5,9-10,14H,2-3,6-8H2,1H3,(H,20,24). The molecule has 2 heterocycles. The molecule has 0 spiro atoms. The minimum Gasteiger partial charge on any atom is -0.325 e. The summed E-state index contributed by atoms with van der Waals surface area (Å²) in [6, 6.07) is 5.24. The van der Waals surface area contributed by atoms with E-state index in [2.05, 4.69) is 20.4 Å². The predicted molar refractivity (Wildman–Crippen MR) is 94.3 cm³/mol. The topological polar surface area (TPSA) is 63.1 Å². The number of likely N-dealkylation sites (tertiary alicyclic amines) is 1. The number of anilines is 1. The second-order valence-corrected chi connectivity index (χ2v) is 6.76. The molecule has 1 aliphatic rings. The molecule has 6 nitrogen and oxygen atoms in total. The van der Waals surface area contributed by atoms with Crippen LogP contribution in [0.1, 0.15) is 31.1 Å². The van der Waals surface area contributed by atoms with Crippen LogP contribution in [0.4, 0.5) is 5.69 Å². The molecule has 0 radical (unpaired) electrons. The first-order valence-corrected chi connectivity index (χ1v) is 8.63. The smallest absolute Gasteiger partial charge is 0.225 e. The van der Waals surface area contributed by atoms with E-state index in [4.69, 9.17) is 23.2 Å². The molecule has 8 heteroatoms. The van der Waals surface area contributed by atoms with Gasteiger partial charge in [0.25, 0.3) is 0 Å². The van der Waals surface area contributed by atoms with Crippen molar-refractivity contribution in [1.29, 1.82) is 0 Å². The van der Waals surface area contributed by atoms with E-state index in [1.54, 1.807) is 24.5 Å². The summed E-state index contributed by atoms with van der Waals surface area (Å²) in [5.41, 5.74) is 0.542. The zero-order valence-corrected chi connectivity index (χ0v) is 14.9. The van der Waals surface area contributed by atoms with Crippen LogP contribution >= 0.6 is 23.2 Å². The van der Waals surface area contributed by atoms with Gasteiger partial charge < -0.3 is 9.88 Å². The summed E-state index contributed by atoms with van der Waals surface area (Å²) in [6.45, 7) is 1.63. The summed E-state index contributed by atoms with van der Waals surface area (Å²) >= 11 is 12.0. The van der Waals surface area contributed by atoms with Gasteiger partial charge in [0.1, 0.15) is 12.2 Å². The molecule has 0 bridgehead atoms. The van der Waals surface area contributed by atoms with E-state index in [0.717, 1.165) is 25.2 Å². The molecule has 2 aromatic rings. The van der Waals surface area contributed by atoms with Crippen LogP contribution in [-0.4, -0.2) is 38.7 Å². The minimum atomic E-state index is -0.0808. The number of nitrogens with one attached hydrogen (secondary N) is 1. The summed E-state index contributed by atoms with van der Waals surface area (Å²) < 4.78 is 1.94. The lowest BCUT2D eigenvalue weighted by atomic mass is 10.2. The Kier molecular flexibility index (Phi) is 5.38. The average Bonchev–Trinajstić information content (AvgIpc) is 3.17. The van der Waals surface area contributed by atoms with E-state index in [-0.39, 0.29) is 11.9 Å². The Hall–Kier alpha value is -1.63. The Bertz CT molecular complexity index is 733. The number of carbonyl (C=O) groups is 1. The van der Waals surface area contributed by atoms with Gasteiger partial charge in [-0.3, -0.25) is 9.69 Å². The number of halogens is 2. The van der Waals surface area contributed by atoms with Crippen molar-refractivity contribution in [2.24, 2.45) is 7.05 Å². The SMILES string of the molecule is Cn1cnnc1C1CCCN1CCC(=O)Nc1cc(Cl)ccc1Cl. The highest BCUT2D eigenvalue weighted by Crippen LogP contribution is 2.30. The normalized spacial score (nSPS) is 18.0. The molecule has 3 rings (SSSR count). The van der Waals surface area contributed by atoms with Crippen molar-refractivity contribution in [3.63, 3.8) is 0 Å². The van der Waals surface area contributed by atoms with Crippen LogP contribution in [0, 0.1) is 0 Å². The van der Waals surface area contributed by atoms with E-state index >= 15 is 0 Å². The third-order valence-corrected chi connectivity index (χ3v) is 4.80. The maximum Gasteiger partial charge on any atom is 0.225 e. The van der Waals surface area contributed by atoms with Gasteiger partial charge in [0.2, 0.25) is 5.91 Å². The third kappa shape index (κ3) is 3.88. The van der Waals surface area contributed by atoms with Crippen molar-refractivity contribution in [2.45, 2.75) is 25.3 Å². The molecule has 1 fully saturated rings. The van der Waals surface area contributed by atoms with Crippen LogP contribution < -0.4 is 5.32 Å². The molecular formula is C16H19Cl2N5O. The van der Waals surface area contributed by atoms with Crippen LogP contribution in [0.15, 0.2) is 24.5 Å². The minimum absolute atomic E-state index is 0.0808. The summed E-state index contributed by atoms with van der Waals surface area (Å²) in [5, 5.41) is 12.0. The van der Waals surface area contributed by atoms with Gasteiger partial charge in [0.05, 0.1) is 16.8 Å². The Morgan fingerprint density at radius 3 is 3.00 bits per heavy atom. The number of carbonyl (C=O) groups excluding carboxylic acids is 1. The molecule has 1 amide bonds. The molecule has 1 aromatic heterocycles. The lowest BCUT2D eigenvalue weighted by Crippen LogP contribution is -2.29. The second kappa shape index (κ2) is 7.51. The highest BCUT2D eigenvalue weighted by Gasteiger charge is 2.29. The number of aromatic nitrogens is 3. The van der Waals surface area contributed by atoms with E-state index in [1.165, 1.54) is 0 Å². The van der Waals surface area contributed by atoms with Crippen LogP contribution in [0.2, 0.25) is 10.0 Å². The lowest BCUT2D eigenvalue weighted by molar-refractivity contribution is -0.116. The summed E-state index contributed by atoms with van der Waals surface area (Å²) in [7, 11) is 1.94. The average molecular weight is 368 g/mol. The highest BCUT2D eigenvalue weighted by molar-refractivity contribution is 6.35. The van der Waals surface area contributed by atoms with Crippen LogP contribution in [0.3, 0.4) is 0 Å². The second-order valence-electron chi connectivity index (χ2n) is 5.92. The quantitative estimate of drug-likeness (QED) is 0.880. The number of hydrogen-bond acceptors (Lipinski definition) is 4. The zero-order chi connectivity index (χ0) is 17.1. The van der Waals surface area contributed by atoms with Crippen molar-refractivity contribution in [1.82, 2.24) is 19.7 Å². The van der Waals surface area contributed by atoms with Crippen LogP contribution in [0.25, 0.3) is 0 Å².